The summed E-state index contributed by atoms with van der Waals surface area (Å²) in [5.74, 6) is -0.398. The highest BCUT2D eigenvalue weighted by Crippen LogP contribution is 2.31. The molecule has 0 bridgehead atoms. The lowest BCUT2D eigenvalue weighted by atomic mass is 10.0. The van der Waals surface area contributed by atoms with Gasteiger partial charge in [-0.1, -0.05) is 12.1 Å². The SMILES string of the molecule is O=C(c1ccncc1F)c1cccc2c1OCC2. The van der Waals surface area contributed by atoms with Crippen LogP contribution in [0.2, 0.25) is 0 Å². The number of rotatable bonds is 2. The van der Waals surface area contributed by atoms with Crippen LogP contribution in [0.3, 0.4) is 0 Å². The molecule has 0 spiro atoms. The molecule has 1 aliphatic heterocycles. The summed E-state index contributed by atoms with van der Waals surface area (Å²) in [5, 5.41) is 0. The van der Waals surface area contributed by atoms with E-state index in [0.717, 1.165) is 18.2 Å². The molecule has 4 heteroatoms. The van der Waals surface area contributed by atoms with E-state index in [-0.39, 0.29) is 11.3 Å². The number of fused-ring (bicyclic) bond motifs is 1. The molecule has 1 aromatic heterocycles. The second-order valence-electron chi connectivity index (χ2n) is 4.08. The van der Waals surface area contributed by atoms with Crippen molar-refractivity contribution in [2.75, 3.05) is 6.61 Å². The molecule has 1 aromatic carbocycles. The molecule has 3 rings (SSSR count). The van der Waals surface area contributed by atoms with Gasteiger partial charge in [0, 0.05) is 12.6 Å². The Morgan fingerprint density at radius 2 is 2.17 bits per heavy atom. The third kappa shape index (κ3) is 1.66. The van der Waals surface area contributed by atoms with Crippen LogP contribution in [0.15, 0.2) is 36.7 Å². The number of carbonyl (C=O) groups is 1. The summed E-state index contributed by atoms with van der Waals surface area (Å²) in [4.78, 5) is 15.9. The maximum atomic E-state index is 13.6. The number of nitrogens with zero attached hydrogens (tertiary/aromatic N) is 1. The van der Waals surface area contributed by atoms with E-state index in [0.29, 0.717) is 17.9 Å². The maximum absolute atomic E-state index is 13.6. The lowest BCUT2D eigenvalue weighted by Gasteiger charge is -2.07. The number of carbonyl (C=O) groups excluding carboxylic acids is 1. The molecule has 1 aliphatic rings. The smallest absolute Gasteiger partial charge is 0.199 e. The molecule has 90 valence electrons. The van der Waals surface area contributed by atoms with Crippen LogP contribution in [0.4, 0.5) is 4.39 Å². The molecular weight excluding hydrogens is 233 g/mol. The zero-order valence-electron chi connectivity index (χ0n) is 9.52. The molecule has 18 heavy (non-hydrogen) atoms. The quantitative estimate of drug-likeness (QED) is 0.760. The van der Waals surface area contributed by atoms with Gasteiger partial charge in [-0.15, -0.1) is 0 Å². The van der Waals surface area contributed by atoms with Gasteiger partial charge in [0.1, 0.15) is 5.75 Å². The number of ether oxygens (including phenoxy) is 1. The second kappa shape index (κ2) is 4.22. The monoisotopic (exact) mass is 243 g/mol. The van der Waals surface area contributed by atoms with E-state index in [1.807, 2.05) is 6.07 Å². The van der Waals surface area contributed by atoms with Gasteiger partial charge < -0.3 is 4.74 Å². The number of para-hydroxylation sites is 1. The number of benzene rings is 1. The molecule has 2 aromatic rings. The van der Waals surface area contributed by atoms with Crippen molar-refractivity contribution in [3.8, 4) is 5.75 Å². The van der Waals surface area contributed by atoms with Crippen molar-refractivity contribution in [3.63, 3.8) is 0 Å². The first-order valence-corrected chi connectivity index (χ1v) is 5.66. The Balaban J connectivity index is 2.09. The van der Waals surface area contributed by atoms with Crippen LogP contribution in [0.25, 0.3) is 0 Å². The number of hydrogen-bond acceptors (Lipinski definition) is 3. The second-order valence-corrected chi connectivity index (χ2v) is 4.08. The summed E-state index contributed by atoms with van der Waals surface area (Å²) >= 11 is 0. The molecule has 3 nitrogen and oxygen atoms in total. The molecule has 0 atom stereocenters. The van der Waals surface area contributed by atoms with Crippen molar-refractivity contribution >= 4 is 5.78 Å². The number of ketones is 1. The molecule has 0 saturated heterocycles. The predicted octanol–water partition coefficient (Wildman–Crippen LogP) is 2.39. The van der Waals surface area contributed by atoms with Gasteiger partial charge in [-0.05, 0) is 17.7 Å². The number of aromatic nitrogens is 1. The van der Waals surface area contributed by atoms with Crippen molar-refractivity contribution in [2.45, 2.75) is 6.42 Å². The molecule has 0 amide bonds. The van der Waals surface area contributed by atoms with E-state index in [1.165, 1.54) is 12.3 Å². The van der Waals surface area contributed by atoms with Gasteiger partial charge in [0.05, 0.1) is 23.9 Å². The predicted molar refractivity (Wildman–Crippen MR) is 63.3 cm³/mol. The topological polar surface area (TPSA) is 39.2 Å². The zero-order valence-corrected chi connectivity index (χ0v) is 9.52. The van der Waals surface area contributed by atoms with E-state index in [1.54, 1.807) is 12.1 Å². The van der Waals surface area contributed by atoms with Gasteiger partial charge in [-0.3, -0.25) is 9.78 Å². The Kier molecular flexibility index (Phi) is 2.55. The molecule has 0 fully saturated rings. The summed E-state index contributed by atoms with van der Waals surface area (Å²) in [7, 11) is 0. The average Bonchev–Trinajstić information content (AvgIpc) is 2.86. The van der Waals surface area contributed by atoms with Crippen molar-refractivity contribution in [1.29, 1.82) is 0 Å². The largest absolute Gasteiger partial charge is 0.492 e. The Hall–Kier alpha value is -2.23. The van der Waals surface area contributed by atoms with Crippen LogP contribution in [0.5, 0.6) is 5.75 Å². The summed E-state index contributed by atoms with van der Waals surface area (Å²) in [6.07, 6.45) is 3.23. The highest BCUT2D eigenvalue weighted by atomic mass is 19.1. The summed E-state index contributed by atoms with van der Waals surface area (Å²) in [6, 6.07) is 6.75. The van der Waals surface area contributed by atoms with Gasteiger partial charge in [-0.2, -0.15) is 0 Å². The Bertz CT molecular complexity index is 625. The maximum Gasteiger partial charge on any atom is 0.199 e. The Morgan fingerprint density at radius 3 is 3.00 bits per heavy atom. The first-order valence-electron chi connectivity index (χ1n) is 5.66. The van der Waals surface area contributed by atoms with E-state index in [2.05, 4.69) is 4.98 Å². The van der Waals surface area contributed by atoms with Crippen LogP contribution < -0.4 is 4.74 Å². The standard InChI is InChI=1S/C14H10FNO2/c15-12-8-16-6-4-10(12)13(17)11-3-1-2-9-5-7-18-14(9)11/h1-4,6,8H,5,7H2. The third-order valence-electron chi connectivity index (χ3n) is 2.98. The lowest BCUT2D eigenvalue weighted by molar-refractivity contribution is 0.103. The van der Waals surface area contributed by atoms with Crippen LogP contribution in [-0.4, -0.2) is 17.4 Å². The fourth-order valence-electron chi connectivity index (χ4n) is 2.10. The van der Waals surface area contributed by atoms with Gasteiger partial charge in [0.2, 0.25) is 0 Å². The number of pyridine rings is 1. The Morgan fingerprint density at radius 1 is 1.28 bits per heavy atom. The Labute approximate surface area is 103 Å². The van der Waals surface area contributed by atoms with E-state index < -0.39 is 5.82 Å². The molecular formula is C14H10FNO2. The van der Waals surface area contributed by atoms with Crippen LogP contribution in [0, 0.1) is 5.82 Å². The van der Waals surface area contributed by atoms with E-state index >= 15 is 0 Å². The minimum absolute atomic E-state index is 0.0221. The van der Waals surface area contributed by atoms with Gasteiger partial charge in [0.25, 0.3) is 0 Å². The first kappa shape index (κ1) is 10.9. The molecule has 0 N–H and O–H groups in total. The lowest BCUT2D eigenvalue weighted by Crippen LogP contribution is -2.06. The van der Waals surface area contributed by atoms with E-state index in [9.17, 15) is 9.18 Å². The molecule has 0 aliphatic carbocycles. The van der Waals surface area contributed by atoms with Crippen molar-refractivity contribution in [1.82, 2.24) is 4.98 Å². The highest BCUT2D eigenvalue weighted by Gasteiger charge is 2.22. The van der Waals surface area contributed by atoms with Crippen molar-refractivity contribution < 1.29 is 13.9 Å². The summed E-state index contributed by atoms with van der Waals surface area (Å²) in [5.41, 5.74) is 1.43. The average molecular weight is 243 g/mol. The van der Waals surface area contributed by atoms with Crippen LogP contribution >= 0.6 is 0 Å². The normalized spacial score (nSPS) is 12.9. The highest BCUT2D eigenvalue weighted by molar-refractivity contribution is 6.11. The van der Waals surface area contributed by atoms with Crippen LogP contribution in [-0.2, 0) is 6.42 Å². The van der Waals surface area contributed by atoms with Gasteiger partial charge in [0.15, 0.2) is 11.6 Å². The minimum atomic E-state index is -0.613. The zero-order chi connectivity index (χ0) is 12.5. The molecule has 0 radical (unpaired) electrons. The summed E-state index contributed by atoms with van der Waals surface area (Å²) in [6.45, 7) is 0.568. The fourth-order valence-corrected chi connectivity index (χ4v) is 2.10. The van der Waals surface area contributed by atoms with Gasteiger partial charge in [-0.25, -0.2) is 4.39 Å². The fraction of sp³-hybridized carbons (Fsp3) is 0.143. The number of halogens is 1. The van der Waals surface area contributed by atoms with Crippen molar-refractivity contribution in [3.05, 3.63) is 59.2 Å². The number of hydrogen-bond donors (Lipinski definition) is 0. The minimum Gasteiger partial charge on any atom is -0.492 e. The molecule has 0 unspecified atom stereocenters. The van der Waals surface area contributed by atoms with Gasteiger partial charge >= 0.3 is 0 Å². The molecule has 2 heterocycles. The van der Waals surface area contributed by atoms with Crippen molar-refractivity contribution in [2.24, 2.45) is 0 Å². The summed E-state index contributed by atoms with van der Waals surface area (Å²) < 4.78 is 19.0. The molecule has 0 saturated carbocycles. The third-order valence-corrected chi connectivity index (χ3v) is 2.98. The van der Waals surface area contributed by atoms with Crippen LogP contribution in [0.1, 0.15) is 21.5 Å². The van der Waals surface area contributed by atoms with E-state index in [4.69, 9.17) is 4.74 Å². The first-order chi connectivity index (χ1) is 8.77.